The Morgan fingerprint density at radius 2 is 1.83 bits per heavy atom. The first kappa shape index (κ1) is 13.3. The van der Waals surface area contributed by atoms with E-state index in [1.54, 1.807) is 0 Å². The summed E-state index contributed by atoms with van der Waals surface area (Å²) in [7, 11) is -0.366. The van der Waals surface area contributed by atoms with Crippen LogP contribution in [0.2, 0.25) is 0 Å². The predicted molar refractivity (Wildman–Crippen MR) is 75.6 cm³/mol. The molecule has 0 aromatic heterocycles. The minimum Gasteiger partial charge on any atom is -0.293 e. The van der Waals surface area contributed by atoms with Crippen LogP contribution in [0.25, 0.3) is 0 Å². The third-order valence-electron chi connectivity index (χ3n) is 3.58. The van der Waals surface area contributed by atoms with E-state index in [0.717, 1.165) is 12.2 Å². The van der Waals surface area contributed by atoms with Crippen molar-refractivity contribution in [2.24, 2.45) is 5.92 Å². The van der Waals surface area contributed by atoms with E-state index < -0.39 is 0 Å². The Kier molecular flexibility index (Phi) is 4.23. The first-order valence-corrected chi connectivity index (χ1v) is 7.92. The average Bonchev–Trinajstić information content (AvgIpc) is 2.60. The molecule has 1 aliphatic rings. The maximum Gasteiger partial charge on any atom is 0.342 e. The van der Waals surface area contributed by atoms with E-state index in [-0.39, 0.29) is 33.0 Å². The van der Waals surface area contributed by atoms with Crippen molar-refractivity contribution in [3.63, 3.8) is 0 Å². The van der Waals surface area contributed by atoms with Gasteiger partial charge in [-0.15, -0.1) is 0 Å². The number of benzene rings is 1. The van der Waals surface area contributed by atoms with Gasteiger partial charge in [-0.1, -0.05) is 37.3 Å². The van der Waals surface area contributed by atoms with Crippen molar-refractivity contribution < 1.29 is 9.59 Å². The standard InChI is InChI=1S/C15H19O2S/c1-3-13-14(16)11(2)18(15(13)17)10-9-12-7-5-4-6-8-12/h4-8,11,13H,3,9-10H2,1-2H3/q+1. The van der Waals surface area contributed by atoms with Gasteiger partial charge in [0.2, 0.25) is 5.78 Å². The molecule has 1 fully saturated rings. The summed E-state index contributed by atoms with van der Waals surface area (Å²) in [6.45, 7) is 3.85. The molecule has 1 heterocycles. The molecule has 0 saturated carbocycles. The van der Waals surface area contributed by atoms with E-state index in [4.69, 9.17) is 0 Å². The van der Waals surface area contributed by atoms with Crippen molar-refractivity contribution in [3.8, 4) is 0 Å². The summed E-state index contributed by atoms with van der Waals surface area (Å²) in [5.41, 5.74) is 1.25. The number of ketones is 1. The Morgan fingerprint density at radius 1 is 1.17 bits per heavy atom. The van der Waals surface area contributed by atoms with Gasteiger partial charge >= 0.3 is 5.12 Å². The van der Waals surface area contributed by atoms with Gasteiger partial charge in [-0.25, -0.2) is 4.79 Å². The van der Waals surface area contributed by atoms with Gasteiger partial charge in [0.25, 0.3) is 0 Å². The van der Waals surface area contributed by atoms with Crippen LogP contribution >= 0.6 is 0 Å². The zero-order valence-corrected chi connectivity index (χ0v) is 11.7. The maximum absolute atomic E-state index is 12.2. The summed E-state index contributed by atoms with van der Waals surface area (Å²) in [5, 5.41) is 0.136. The third kappa shape index (κ3) is 2.51. The lowest BCUT2D eigenvalue weighted by Gasteiger charge is -2.03. The van der Waals surface area contributed by atoms with Crippen LogP contribution < -0.4 is 0 Å². The zero-order chi connectivity index (χ0) is 13.1. The maximum atomic E-state index is 12.2. The third-order valence-corrected chi connectivity index (χ3v) is 6.11. The molecule has 0 radical (unpaired) electrons. The topological polar surface area (TPSA) is 34.1 Å². The van der Waals surface area contributed by atoms with E-state index in [9.17, 15) is 9.59 Å². The van der Waals surface area contributed by atoms with Gasteiger partial charge in [0.1, 0.15) is 11.7 Å². The SMILES string of the molecule is CCC1C(=O)C(C)[S+](CCc2ccccc2)C1=O. The van der Waals surface area contributed by atoms with Gasteiger partial charge in [0.05, 0.1) is 10.9 Å². The van der Waals surface area contributed by atoms with E-state index >= 15 is 0 Å². The molecule has 18 heavy (non-hydrogen) atoms. The fourth-order valence-corrected chi connectivity index (χ4v) is 4.87. The van der Waals surface area contributed by atoms with Crippen molar-refractivity contribution in [2.75, 3.05) is 5.75 Å². The van der Waals surface area contributed by atoms with Crippen LogP contribution in [-0.2, 0) is 26.9 Å². The average molecular weight is 263 g/mol. The first-order chi connectivity index (χ1) is 8.65. The largest absolute Gasteiger partial charge is 0.342 e. The van der Waals surface area contributed by atoms with Gasteiger partial charge in [0, 0.05) is 6.42 Å². The quantitative estimate of drug-likeness (QED) is 0.617. The number of hydrogen-bond acceptors (Lipinski definition) is 2. The van der Waals surface area contributed by atoms with Crippen molar-refractivity contribution in [1.82, 2.24) is 0 Å². The Morgan fingerprint density at radius 3 is 2.39 bits per heavy atom. The van der Waals surface area contributed by atoms with Crippen molar-refractivity contribution in [2.45, 2.75) is 31.9 Å². The summed E-state index contributed by atoms with van der Waals surface area (Å²) in [5.74, 6) is 0.671. The molecule has 3 atom stereocenters. The number of Topliss-reactive ketones (excluding diaryl/α,β-unsaturated/α-hetero) is 1. The summed E-state index contributed by atoms with van der Waals surface area (Å²) in [6.07, 6.45) is 1.56. The van der Waals surface area contributed by atoms with E-state index in [0.29, 0.717) is 6.42 Å². The molecule has 0 amide bonds. The van der Waals surface area contributed by atoms with Crippen LogP contribution in [0.1, 0.15) is 25.8 Å². The lowest BCUT2D eigenvalue weighted by Crippen LogP contribution is -2.24. The summed E-state index contributed by atoms with van der Waals surface area (Å²) in [6, 6.07) is 10.2. The van der Waals surface area contributed by atoms with Crippen LogP contribution in [0.15, 0.2) is 30.3 Å². The highest BCUT2D eigenvalue weighted by molar-refractivity contribution is 8.12. The van der Waals surface area contributed by atoms with Crippen molar-refractivity contribution in [3.05, 3.63) is 35.9 Å². The first-order valence-electron chi connectivity index (χ1n) is 6.46. The van der Waals surface area contributed by atoms with E-state index in [1.807, 2.05) is 32.0 Å². The molecule has 3 unspecified atom stereocenters. The lowest BCUT2D eigenvalue weighted by molar-refractivity contribution is -0.126. The summed E-state index contributed by atoms with van der Waals surface area (Å²) in [4.78, 5) is 24.1. The minimum absolute atomic E-state index is 0.0637. The fraction of sp³-hybridized carbons (Fsp3) is 0.467. The molecule has 1 aromatic rings. The van der Waals surface area contributed by atoms with Crippen molar-refractivity contribution in [1.29, 1.82) is 0 Å². The molecule has 1 aromatic carbocycles. The molecule has 0 bridgehead atoms. The highest BCUT2D eigenvalue weighted by Crippen LogP contribution is 2.28. The van der Waals surface area contributed by atoms with Gasteiger partial charge in [0.15, 0.2) is 5.25 Å². The molecular formula is C15H19O2S+. The summed E-state index contributed by atoms with van der Waals surface area (Å²) >= 11 is 0. The van der Waals surface area contributed by atoms with E-state index in [1.165, 1.54) is 5.56 Å². The molecule has 3 heteroatoms. The van der Waals surface area contributed by atoms with Crippen LogP contribution in [-0.4, -0.2) is 21.9 Å². The normalized spacial score (nSPS) is 27.8. The van der Waals surface area contributed by atoms with E-state index in [2.05, 4.69) is 12.1 Å². The molecule has 96 valence electrons. The summed E-state index contributed by atoms with van der Waals surface area (Å²) < 4.78 is 0. The smallest absolute Gasteiger partial charge is 0.293 e. The van der Waals surface area contributed by atoms with Crippen LogP contribution in [0, 0.1) is 5.92 Å². The minimum atomic E-state index is -0.366. The highest BCUT2D eigenvalue weighted by Gasteiger charge is 2.54. The molecule has 1 saturated heterocycles. The van der Waals surface area contributed by atoms with Gasteiger partial charge < -0.3 is 0 Å². The van der Waals surface area contributed by atoms with Crippen LogP contribution in [0.3, 0.4) is 0 Å². The fourth-order valence-electron chi connectivity index (χ4n) is 2.41. The number of rotatable bonds is 4. The number of hydrogen-bond donors (Lipinski definition) is 0. The lowest BCUT2D eigenvalue weighted by atomic mass is 10.0. The number of carbonyl (C=O) groups excluding carboxylic acids is 2. The Labute approximate surface area is 111 Å². The molecular weight excluding hydrogens is 244 g/mol. The highest BCUT2D eigenvalue weighted by atomic mass is 32.2. The molecule has 1 aliphatic heterocycles. The second-order valence-corrected chi connectivity index (χ2v) is 7.07. The second kappa shape index (κ2) is 5.70. The van der Waals surface area contributed by atoms with Gasteiger partial charge in [-0.2, -0.15) is 0 Å². The number of carbonyl (C=O) groups is 2. The molecule has 0 aliphatic carbocycles. The molecule has 2 nitrogen and oxygen atoms in total. The van der Waals surface area contributed by atoms with Gasteiger partial charge in [-0.3, -0.25) is 4.79 Å². The molecule has 0 N–H and O–H groups in total. The molecule has 0 spiro atoms. The van der Waals surface area contributed by atoms with Crippen LogP contribution in [0.4, 0.5) is 0 Å². The second-order valence-electron chi connectivity index (χ2n) is 4.69. The Hall–Kier alpha value is -1.09. The van der Waals surface area contributed by atoms with Gasteiger partial charge in [-0.05, 0) is 18.9 Å². The predicted octanol–water partition coefficient (Wildman–Crippen LogP) is 2.37. The zero-order valence-electron chi connectivity index (χ0n) is 10.9. The number of aryl methyl sites for hydroxylation is 1. The molecule has 2 rings (SSSR count). The van der Waals surface area contributed by atoms with Crippen molar-refractivity contribution >= 4 is 21.8 Å². The van der Waals surface area contributed by atoms with Crippen LogP contribution in [0.5, 0.6) is 0 Å². The Balaban J connectivity index is 2.02. The Bertz CT molecular complexity index is 441. The monoisotopic (exact) mass is 263 g/mol.